The number of aliphatic hydroxyl groups excluding tert-OH is 1. The second-order valence-corrected chi connectivity index (χ2v) is 6.53. The molecule has 1 aromatic heterocycles. The smallest absolute Gasteiger partial charge is 0.345 e. The van der Waals surface area contributed by atoms with Crippen molar-refractivity contribution in [3.63, 3.8) is 0 Å². The lowest BCUT2D eigenvalue weighted by Gasteiger charge is -2.34. The first-order valence-corrected chi connectivity index (χ1v) is 8.39. The second-order valence-electron chi connectivity index (χ2n) is 5.45. The van der Waals surface area contributed by atoms with Crippen LogP contribution in [0.5, 0.6) is 0 Å². The zero-order valence-corrected chi connectivity index (χ0v) is 13.3. The van der Waals surface area contributed by atoms with Crippen molar-refractivity contribution in [3.05, 3.63) is 21.9 Å². The molecule has 0 radical (unpaired) electrons. The standard InChI is InChI=1S/C15H22N2O4S/c18-10-11-4-1-2-8-17(11)9-3-7-16-14(19)12-5-6-13(22-12)15(20)21/h5-6,11,18H,1-4,7-10H2,(H,16,19)(H,20,21)/t11-/m1/s1. The number of hydrogen-bond acceptors (Lipinski definition) is 5. The molecule has 0 aromatic carbocycles. The zero-order valence-electron chi connectivity index (χ0n) is 12.5. The van der Waals surface area contributed by atoms with E-state index < -0.39 is 5.97 Å². The van der Waals surface area contributed by atoms with Gasteiger partial charge in [-0.1, -0.05) is 6.42 Å². The molecule has 1 atom stereocenters. The Morgan fingerprint density at radius 1 is 1.32 bits per heavy atom. The fourth-order valence-corrected chi connectivity index (χ4v) is 3.47. The summed E-state index contributed by atoms with van der Waals surface area (Å²) in [4.78, 5) is 25.6. The van der Waals surface area contributed by atoms with Crippen LogP contribution in [0.3, 0.4) is 0 Å². The van der Waals surface area contributed by atoms with E-state index in [2.05, 4.69) is 10.2 Å². The average molecular weight is 326 g/mol. The molecule has 1 amide bonds. The van der Waals surface area contributed by atoms with Gasteiger partial charge in [0.05, 0.1) is 11.5 Å². The molecule has 1 aliphatic rings. The van der Waals surface area contributed by atoms with Crippen LogP contribution in [0.15, 0.2) is 12.1 Å². The third kappa shape index (κ3) is 4.53. The number of aliphatic hydroxyl groups is 1. The van der Waals surface area contributed by atoms with E-state index in [-0.39, 0.29) is 23.4 Å². The number of piperidine rings is 1. The summed E-state index contributed by atoms with van der Waals surface area (Å²) in [7, 11) is 0. The Morgan fingerprint density at radius 2 is 2.09 bits per heavy atom. The number of hydrogen-bond donors (Lipinski definition) is 3. The van der Waals surface area contributed by atoms with Gasteiger partial charge in [-0.25, -0.2) is 4.79 Å². The van der Waals surface area contributed by atoms with Crippen molar-refractivity contribution < 1.29 is 19.8 Å². The van der Waals surface area contributed by atoms with Crippen LogP contribution >= 0.6 is 11.3 Å². The summed E-state index contributed by atoms with van der Waals surface area (Å²) in [6.45, 7) is 2.61. The SMILES string of the molecule is O=C(O)c1ccc(C(=O)NCCCN2CCCC[C@@H]2CO)s1. The van der Waals surface area contributed by atoms with E-state index in [0.717, 1.165) is 43.7 Å². The normalized spacial score (nSPS) is 19.0. The molecule has 0 unspecified atom stereocenters. The molecule has 1 fully saturated rings. The Hall–Kier alpha value is -1.44. The highest BCUT2D eigenvalue weighted by Gasteiger charge is 2.20. The van der Waals surface area contributed by atoms with Crippen LogP contribution in [0, 0.1) is 0 Å². The van der Waals surface area contributed by atoms with E-state index in [4.69, 9.17) is 5.11 Å². The monoisotopic (exact) mass is 326 g/mol. The fraction of sp³-hybridized carbons (Fsp3) is 0.600. The molecular weight excluding hydrogens is 304 g/mol. The largest absolute Gasteiger partial charge is 0.477 e. The molecule has 1 aliphatic heterocycles. The van der Waals surface area contributed by atoms with Crippen LogP contribution in [-0.4, -0.2) is 59.3 Å². The van der Waals surface area contributed by atoms with Crippen molar-refractivity contribution in [1.29, 1.82) is 0 Å². The number of nitrogens with zero attached hydrogens (tertiary/aromatic N) is 1. The topological polar surface area (TPSA) is 89.9 Å². The van der Waals surface area contributed by atoms with E-state index in [1.165, 1.54) is 18.6 Å². The van der Waals surface area contributed by atoms with Crippen molar-refractivity contribution in [1.82, 2.24) is 10.2 Å². The number of carboxylic acids is 1. The predicted octanol–water partition coefficient (Wildman–Crippen LogP) is 1.41. The maximum atomic E-state index is 11.9. The lowest BCUT2D eigenvalue weighted by Crippen LogP contribution is -2.43. The van der Waals surface area contributed by atoms with Crippen LogP contribution in [0.25, 0.3) is 0 Å². The maximum absolute atomic E-state index is 11.9. The average Bonchev–Trinajstić information content (AvgIpc) is 3.02. The Bertz CT molecular complexity index is 517. The Morgan fingerprint density at radius 3 is 2.77 bits per heavy atom. The lowest BCUT2D eigenvalue weighted by atomic mass is 10.0. The number of carbonyl (C=O) groups is 2. The van der Waals surface area contributed by atoms with Crippen LogP contribution in [-0.2, 0) is 0 Å². The van der Waals surface area contributed by atoms with Gasteiger partial charge >= 0.3 is 5.97 Å². The highest BCUT2D eigenvalue weighted by Crippen LogP contribution is 2.17. The van der Waals surface area contributed by atoms with E-state index in [1.54, 1.807) is 0 Å². The van der Waals surface area contributed by atoms with E-state index in [0.29, 0.717) is 11.4 Å². The quantitative estimate of drug-likeness (QED) is 0.659. The van der Waals surface area contributed by atoms with Gasteiger partial charge in [0.2, 0.25) is 0 Å². The van der Waals surface area contributed by atoms with Crippen molar-refractivity contribution in [2.24, 2.45) is 0 Å². The molecule has 0 spiro atoms. The minimum atomic E-state index is -1.01. The molecule has 22 heavy (non-hydrogen) atoms. The number of aromatic carboxylic acids is 1. The first-order chi connectivity index (χ1) is 10.6. The van der Waals surface area contributed by atoms with Crippen LogP contribution in [0.4, 0.5) is 0 Å². The van der Waals surface area contributed by atoms with Crippen molar-refractivity contribution in [2.75, 3.05) is 26.2 Å². The van der Waals surface area contributed by atoms with E-state index >= 15 is 0 Å². The summed E-state index contributed by atoms with van der Waals surface area (Å²) < 4.78 is 0. The molecule has 1 saturated heterocycles. The third-order valence-electron chi connectivity index (χ3n) is 3.91. The molecule has 6 nitrogen and oxygen atoms in total. The van der Waals surface area contributed by atoms with Gasteiger partial charge in [0.15, 0.2) is 0 Å². The lowest BCUT2D eigenvalue weighted by molar-refractivity contribution is 0.0702. The number of nitrogens with one attached hydrogen (secondary N) is 1. The Kier molecular flexibility index (Phi) is 6.35. The van der Waals surface area contributed by atoms with Crippen molar-refractivity contribution in [3.8, 4) is 0 Å². The molecule has 7 heteroatoms. The summed E-state index contributed by atoms with van der Waals surface area (Å²) in [5.41, 5.74) is 0. The van der Waals surface area contributed by atoms with Gasteiger partial charge in [0, 0.05) is 19.1 Å². The Balaban J connectivity index is 1.71. The van der Waals surface area contributed by atoms with Gasteiger partial charge in [-0.3, -0.25) is 9.69 Å². The van der Waals surface area contributed by atoms with Crippen LogP contribution in [0.2, 0.25) is 0 Å². The number of rotatable bonds is 7. The van der Waals surface area contributed by atoms with Gasteiger partial charge in [0.1, 0.15) is 4.88 Å². The highest BCUT2D eigenvalue weighted by molar-refractivity contribution is 7.15. The van der Waals surface area contributed by atoms with Gasteiger partial charge in [-0.05, 0) is 37.9 Å². The number of carboxylic acid groups (broad SMARTS) is 1. The zero-order chi connectivity index (χ0) is 15.9. The second kappa shape index (κ2) is 8.26. The minimum Gasteiger partial charge on any atom is -0.477 e. The number of thiophene rings is 1. The molecule has 122 valence electrons. The molecular formula is C15H22N2O4S. The van der Waals surface area contributed by atoms with Crippen LogP contribution < -0.4 is 5.32 Å². The summed E-state index contributed by atoms with van der Waals surface area (Å²) in [5, 5.41) is 21.0. The van der Waals surface area contributed by atoms with Gasteiger partial charge < -0.3 is 15.5 Å². The number of amides is 1. The summed E-state index contributed by atoms with van der Waals surface area (Å²) >= 11 is 0.984. The van der Waals surface area contributed by atoms with Crippen LogP contribution in [0.1, 0.15) is 45.0 Å². The molecule has 0 saturated carbocycles. The summed E-state index contributed by atoms with van der Waals surface area (Å²) in [6.07, 6.45) is 4.19. The fourth-order valence-electron chi connectivity index (χ4n) is 2.71. The minimum absolute atomic E-state index is 0.171. The third-order valence-corrected chi connectivity index (χ3v) is 4.98. The molecule has 3 N–H and O–H groups in total. The molecule has 0 aliphatic carbocycles. The van der Waals surface area contributed by atoms with Gasteiger partial charge in [-0.15, -0.1) is 11.3 Å². The highest BCUT2D eigenvalue weighted by atomic mass is 32.1. The molecule has 1 aromatic rings. The maximum Gasteiger partial charge on any atom is 0.345 e. The van der Waals surface area contributed by atoms with Crippen molar-refractivity contribution in [2.45, 2.75) is 31.7 Å². The predicted molar refractivity (Wildman–Crippen MR) is 84.5 cm³/mol. The molecule has 0 bridgehead atoms. The summed E-state index contributed by atoms with van der Waals surface area (Å²) in [5.74, 6) is -1.24. The molecule has 2 rings (SSSR count). The Labute approximate surface area is 133 Å². The van der Waals surface area contributed by atoms with E-state index in [1.807, 2.05) is 0 Å². The number of carbonyl (C=O) groups excluding carboxylic acids is 1. The first kappa shape index (κ1) is 16.9. The van der Waals surface area contributed by atoms with Gasteiger partial charge in [0.25, 0.3) is 5.91 Å². The van der Waals surface area contributed by atoms with Crippen molar-refractivity contribution >= 4 is 23.2 Å². The van der Waals surface area contributed by atoms with Gasteiger partial charge in [-0.2, -0.15) is 0 Å². The van der Waals surface area contributed by atoms with E-state index in [9.17, 15) is 14.7 Å². The number of likely N-dealkylation sites (tertiary alicyclic amines) is 1. The molecule has 2 heterocycles. The summed E-state index contributed by atoms with van der Waals surface area (Å²) in [6, 6.07) is 3.23. The first-order valence-electron chi connectivity index (χ1n) is 7.58.